The summed E-state index contributed by atoms with van der Waals surface area (Å²) >= 11 is 18.5. The number of methoxy groups -OCH3 is 1. The van der Waals surface area contributed by atoms with Crippen LogP contribution in [0, 0.1) is 0 Å². The maximum absolute atomic E-state index is 13.5. The van der Waals surface area contributed by atoms with Crippen LogP contribution in [-0.4, -0.2) is 57.1 Å². The van der Waals surface area contributed by atoms with Crippen LogP contribution in [-0.2, 0) is 26.2 Å². The van der Waals surface area contributed by atoms with Crippen molar-refractivity contribution in [2.24, 2.45) is 0 Å². The van der Waals surface area contributed by atoms with E-state index in [1.807, 2.05) is 0 Å². The molecule has 1 aliphatic rings. The number of ether oxygens (including phenoxy) is 1. The van der Waals surface area contributed by atoms with Gasteiger partial charge in [0.15, 0.2) is 0 Å². The van der Waals surface area contributed by atoms with Crippen molar-refractivity contribution in [2.75, 3.05) is 24.2 Å². The van der Waals surface area contributed by atoms with Crippen molar-refractivity contribution in [1.29, 1.82) is 0 Å². The van der Waals surface area contributed by atoms with Crippen LogP contribution >= 0.6 is 34.8 Å². The van der Waals surface area contributed by atoms with E-state index >= 15 is 0 Å². The summed E-state index contributed by atoms with van der Waals surface area (Å²) in [6.07, 6.45) is 6.51. The Morgan fingerprint density at radius 1 is 1.02 bits per heavy atom. The van der Waals surface area contributed by atoms with Crippen LogP contribution in [0.4, 0.5) is 5.69 Å². The first-order valence-electron chi connectivity index (χ1n) is 13.3. The highest BCUT2D eigenvalue weighted by Crippen LogP contribution is 2.30. The number of sulfonamides is 1. The van der Waals surface area contributed by atoms with Crippen molar-refractivity contribution in [3.8, 4) is 5.75 Å². The van der Waals surface area contributed by atoms with Gasteiger partial charge >= 0.3 is 0 Å². The lowest BCUT2D eigenvalue weighted by Gasteiger charge is -2.31. The minimum Gasteiger partial charge on any atom is -0.495 e. The average molecular weight is 633 g/mol. The third kappa shape index (κ3) is 8.90. The van der Waals surface area contributed by atoms with E-state index in [2.05, 4.69) is 5.32 Å². The number of hydrogen-bond donors (Lipinski definition) is 1. The molecule has 1 atom stereocenters. The first kappa shape index (κ1) is 32.3. The molecular formula is C28H36Cl3N3O5S. The Morgan fingerprint density at radius 2 is 1.73 bits per heavy atom. The molecule has 1 N–H and O–H groups in total. The number of nitrogens with zero attached hydrogens (tertiary/aromatic N) is 2. The molecule has 12 heteroatoms. The molecule has 2 aromatic carbocycles. The molecule has 0 unspecified atom stereocenters. The van der Waals surface area contributed by atoms with Crippen molar-refractivity contribution >= 4 is 62.3 Å². The fourth-order valence-corrected chi connectivity index (χ4v) is 6.33. The quantitative estimate of drug-likeness (QED) is 0.307. The molecule has 0 aliphatic heterocycles. The summed E-state index contributed by atoms with van der Waals surface area (Å²) in [5.41, 5.74) is 1.10. The molecule has 0 saturated heterocycles. The lowest BCUT2D eigenvalue weighted by molar-refractivity contribution is -0.141. The molecule has 2 amide bonds. The van der Waals surface area contributed by atoms with Crippen molar-refractivity contribution in [1.82, 2.24) is 10.2 Å². The zero-order valence-electron chi connectivity index (χ0n) is 23.0. The van der Waals surface area contributed by atoms with Gasteiger partial charge in [0.2, 0.25) is 21.8 Å². The van der Waals surface area contributed by atoms with Crippen LogP contribution in [0.3, 0.4) is 0 Å². The third-order valence-electron chi connectivity index (χ3n) is 7.03. The van der Waals surface area contributed by atoms with Crippen molar-refractivity contribution in [2.45, 2.75) is 70.5 Å². The molecule has 0 radical (unpaired) electrons. The summed E-state index contributed by atoms with van der Waals surface area (Å²) in [6.45, 7) is 1.91. The standard InChI is InChI=1S/C28H36Cl3N3O5S/c1-19(28(36)32-21-8-5-4-6-9-21)33(18-20-11-13-23(29)24(30)16-20)27(35)10-7-15-34(40(3,37)38)22-12-14-26(39-2)25(31)17-22/h11-14,16-17,19,21H,4-10,15,18H2,1-3H3,(H,32,36)/t19-/m1/s1. The normalized spacial score (nSPS) is 14.8. The molecular weight excluding hydrogens is 597 g/mol. The number of hydrogen-bond acceptors (Lipinski definition) is 5. The summed E-state index contributed by atoms with van der Waals surface area (Å²) in [5.74, 6) is -0.0722. The number of nitrogens with one attached hydrogen (secondary N) is 1. The summed E-state index contributed by atoms with van der Waals surface area (Å²) < 4.78 is 31.5. The highest BCUT2D eigenvalue weighted by Gasteiger charge is 2.28. The van der Waals surface area contributed by atoms with E-state index in [0.29, 0.717) is 21.5 Å². The van der Waals surface area contributed by atoms with Gasteiger partial charge in [-0.2, -0.15) is 0 Å². The van der Waals surface area contributed by atoms with Crippen LogP contribution in [0.25, 0.3) is 0 Å². The predicted octanol–water partition coefficient (Wildman–Crippen LogP) is 6.07. The van der Waals surface area contributed by atoms with Gasteiger partial charge in [-0.25, -0.2) is 8.42 Å². The highest BCUT2D eigenvalue weighted by molar-refractivity contribution is 7.92. The van der Waals surface area contributed by atoms with Gasteiger partial charge in [0, 0.05) is 25.6 Å². The SMILES string of the molecule is COc1ccc(N(CCCC(=O)N(Cc2ccc(Cl)c(Cl)c2)[C@H](C)C(=O)NC2CCCCC2)S(C)(=O)=O)cc1Cl. The molecule has 0 spiro atoms. The molecule has 220 valence electrons. The minimum atomic E-state index is -3.66. The van der Waals surface area contributed by atoms with Crippen LogP contribution < -0.4 is 14.4 Å². The van der Waals surface area contributed by atoms with Gasteiger partial charge in [-0.15, -0.1) is 0 Å². The molecule has 1 saturated carbocycles. The molecule has 0 bridgehead atoms. The number of benzene rings is 2. The lowest BCUT2D eigenvalue weighted by atomic mass is 9.95. The molecule has 0 heterocycles. The van der Waals surface area contributed by atoms with Gasteiger partial charge in [0.1, 0.15) is 11.8 Å². The van der Waals surface area contributed by atoms with Crippen molar-refractivity contribution < 1.29 is 22.7 Å². The van der Waals surface area contributed by atoms with E-state index in [-0.39, 0.29) is 48.8 Å². The number of anilines is 1. The van der Waals surface area contributed by atoms with Gasteiger partial charge in [0.25, 0.3) is 0 Å². The van der Waals surface area contributed by atoms with Crippen molar-refractivity contribution in [3.63, 3.8) is 0 Å². The van der Waals surface area contributed by atoms with Gasteiger partial charge in [0.05, 0.1) is 34.1 Å². The van der Waals surface area contributed by atoms with E-state index in [9.17, 15) is 18.0 Å². The molecule has 3 rings (SSSR count). The maximum Gasteiger partial charge on any atom is 0.242 e. The zero-order chi connectivity index (χ0) is 29.4. The molecule has 1 fully saturated rings. The van der Waals surface area contributed by atoms with Crippen LogP contribution in [0.5, 0.6) is 5.75 Å². The Labute approximate surface area is 251 Å². The maximum atomic E-state index is 13.5. The Bertz CT molecular complexity index is 1300. The summed E-state index contributed by atoms with van der Waals surface area (Å²) in [7, 11) is -2.19. The summed E-state index contributed by atoms with van der Waals surface area (Å²) in [4.78, 5) is 28.2. The van der Waals surface area contributed by atoms with E-state index < -0.39 is 16.1 Å². The Kier molecular flexibility index (Phi) is 11.8. The molecule has 40 heavy (non-hydrogen) atoms. The Balaban J connectivity index is 1.75. The first-order chi connectivity index (χ1) is 18.9. The highest BCUT2D eigenvalue weighted by atomic mass is 35.5. The fourth-order valence-electron chi connectivity index (χ4n) is 4.80. The van der Waals surface area contributed by atoms with E-state index in [0.717, 1.165) is 43.9 Å². The van der Waals surface area contributed by atoms with Crippen LogP contribution in [0.2, 0.25) is 15.1 Å². The predicted molar refractivity (Wildman–Crippen MR) is 161 cm³/mol. The minimum absolute atomic E-state index is 0.0261. The second-order valence-electron chi connectivity index (χ2n) is 10.0. The summed E-state index contributed by atoms with van der Waals surface area (Å²) in [5, 5.41) is 4.12. The number of amides is 2. The number of carbonyl (C=O) groups is 2. The monoisotopic (exact) mass is 631 g/mol. The second-order valence-corrected chi connectivity index (χ2v) is 13.2. The zero-order valence-corrected chi connectivity index (χ0v) is 26.0. The molecule has 0 aromatic heterocycles. The lowest BCUT2D eigenvalue weighted by Crippen LogP contribution is -2.50. The number of carbonyl (C=O) groups excluding carboxylic acids is 2. The van der Waals surface area contributed by atoms with E-state index in [1.165, 1.54) is 22.4 Å². The smallest absolute Gasteiger partial charge is 0.242 e. The average Bonchev–Trinajstić information content (AvgIpc) is 2.91. The third-order valence-corrected chi connectivity index (χ3v) is 9.26. The number of rotatable bonds is 12. The largest absolute Gasteiger partial charge is 0.495 e. The molecule has 1 aliphatic carbocycles. The van der Waals surface area contributed by atoms with Gasteiger partial charge in [-0.05, 0) is 62.1 Å². The van der Waals surface area contributed by atoms with E-state index in [1.54, 1.807) is 37.3 Å². The second kappa shape index (κ2) is 14.6. The van der Waals surface area contributed by atoms with Crippen molar-refractivity contribution in [3.05, 3.63) is 57.0 Å². The Hall–Kier alpha value is -2.20. The van der Waals surface area contributed by atoms with Gasteiger partial charge in [-0.1, -0.05) is 60.1 Å². The molecule has 8 nitrogen and oxygen atoms in total. The first-order valence-corrected chi connectivity index (χ1v) is 16.2. The van der Waals surface area contributed by atoms with Gasteiger partial charge in [-0.3, -0.25) is 13.9 Å². The Morgan fingerprint density at radius 3 is 2.33 bits per heavy atom. The number of halogens is 3. The fraction of sp³-hybridized carbons (Fsp3) is 0.500. The molecule has 2 aromatic rings. The van der Waals surface area contributed by atoms with Crippen LogP contribution in [0.15, 0.2) is 36.4 Å². The van der Waals surface area contributed by atoms with Gasteiger partial charge < -0.3 is 15.0 Å². The topological polar surface area (TPSA) is 96.0 Å². The van der Waals surface area contributed by atoms with E-state index in [4.69, 9.17) is 39.5 Å². The van der Waals surface area contributed by atoms with Crippen LogP contribution in [0.1, 0.15) is 57.4 Å². The summed E-state index contributed by atoms with van der Waals surface area (Å²) in [6, 6.07) is 9.15.